The molecule has 1 aliphatic carbocycles. The van der Waals surface area contributed by atoms with E-state index in [0.29, 0.717) is 18.8 Å². The number of amides is 4. The first kappa shape index (κ1) is 16.3. The Morgan fingerprint density at radius 3 is 2.67 bits per heavy atom. The molecule has 2 aliphatic rings. The highest BCUT2D eigenvalue weighted by molar-refractivity contribution is 6.10. The molecule has 24 heavy (non-hydrogen) atoms. The summed E-state index contributed by atoms with van der Waals surface area (Å²) in [5, 5.41) is 15.0. The van der Waals surface area contributed by atoms with E-state index in [1.807, 2.05) is 0 Å². The number of para-hydroxylation sites is 2. The zero-order valence-corrected chi connectivity index (χ0v) is 13.5. The Labute approximate surface area is 140 Å². The molecular formula is C17H21N3O4. The molecule has 4 amide bonds. The maximum atomic E-state index is 12.7. The molecule has 3 rings (SSSR count). The number of benzene rings is 1. The Kier molecular flexibility index (Phi) is 4.17. The lowest BCUT2D eigenvalue weighted by molar-refractivity contribution is -0.135. The predicted octanol–water partition coefficient (Wildman–Crippen LogP) is 1.83. The van der Waals surface area contributed by atoms with E-state index in [1.165, 1.54) is 6.07 Å². The predicted molar refractivity (Wildman–Crippen MR) is 87.3 cm³/mol. The van der Waals surface area contributed by atoms with Gasteiger partial charge in [0.05, 0.1) is 5.69 Å². The van der Waals surface area contributed by atoms with Gasteiger partial charge in [-0.3, -0.25) is 14.5 Å². The van der Waals surface area contributed by atoms with Crippen molar-refractivity contribution >= 4 is 23.5 Å². The summed E-state index contributed by atoms with van der Waals surface area (Å²) >= 11 is 0. The van der Waals surface area contributed by atoms with Gasteiger partial charge < -0.3 is 15.7 Å². The third kappa shape index (κ3) is 2.93. The molecule has 1 aromatic rings. The van der Waals surface area contributed by atoms with Gasteiger partial charge in [-0.25, -0.2) is 4.79 Å². The van der Waals surface area contributed by atoms with E-state index >= 15 is 0 Å². The van der Waals surface area contributed by atoms with Crippen molar-refractivity contribution in [3.63, 3.8) is 0 Å². The zero-order chi connectivity index (χ0) is 17.3. The SMILES string of the molecule is CC1CCC2(CC1)NC(=O)N(CC(=O)Nc1ccccc1O)C2=O. The standard InChI is InChI=1S/C17H21N3O4/c1-11-6-8-17(9-7-11)15(23)20(16(24)19-17)10-14(22)18-12-4-2-3-5-13(12)21/h2-5,11,21H,6-10H2,1H3,(H,18,22)(H,19,24). The minimum atomic E-state index is -0.848. The van der Waals surface area contributed by atoms with Crippen LogP contribution in [0.2, 0.25) is 0 Å². The molecule has 1 aliphatic heterocycles. The topological polar surface area (TPSA) is 98.7 Å². The van der Waals surface area contributed by atoms with E-state index in [9.17, 15) is 19.5 Å². The van der Waals surface area contributed by atoms with Gasteiger partial charge in [0.15, 0.2) is 0 Å². The van der Waals surface area contributed by atoms with Gasteiger partial charge in [0.2, 0.25) is 5.91 Å². The smallest absolute Gasteiger partial charge is 0.325 e. The highest BCUT2D eigenvalue weighted by Crippen LogP contribution is 2.36. The Hall–Kier alpha value is -2.57. The highest BCUT2D eigenvalue weighted by Gasteiger charge is 2.52. The first-order valence-corrected chi connectivity index (χ1v) is 8.13. The summed E-state index contributed by atoms with van der Waals surface area (Å²) in [6, 6.07) is 5.77. The molecular weight excluding hydrogens is 310 g/mol. The molecule has 0 unspecified atom stereocenters. The fourth-order valence-electron chi connectivity index (χ4n) is 3.33. The number of imide groups is 1. The number of rotatable bonds is 3. The van der Waals surface area contributed by atoms with E-state index in [-0.39, 0.29) is 23.9 Å². The van der Waals surface area contributed by atoms with E-state index in [4.69, 9.17) is 0 Å². The van der Waals surface area contributed by atoms with Crippen LogP contribution in [-0.4, -0.2) is 39.9 Å². The maximum Gasteiger partial charge on any atom is 0.325 e. The quantitative estimate of drug-likeness (QED) is 0.581. The van der Waals surface area contributed by atoms with Crippen molar-refractivity contribution in [2.75, 3.05) is 11.9 Å². The van der Waals surface area contributed by atoms with Crippen molar-refractivity contribution in [3.8, 4) is 5.75 Å². The second kappa shape index (κ2) is 6.14. The molecule has 3 N–H and O–H groups in total. The average molecular weight is 331 g/mol. The van der Waals surface area contributed by atoms with Gasteiger partial charge in [0.1, 0.15) is 17.8 Å². The Morgan fingerprint density at radius 1 is 1.33 bits per heavy atom. The summed E-state index contributed by atoms with van der Waals surface area (Å²) in [5.74, 6) is -0.382. The third-order valence-corrected chi connectivity index (χ3v) is 4.85. The van der Waals surface area contributed by atoms with Crippen LogP contribution in [0, 0.1) is 5.92 Å². The van der Waals surface area contributed by atoms with Crippen LogP contribution in [0.4, 0.5) is 10.5 Å². The monoisotopic (exact) mass is 331 g/mol. The second-order valence-corrected chi connectivity index (χ2v) is 6.65. The average Bonchev–Trinajstić information content (AvgIpc) is 2.77. The van der Waals surface area contributed by atoms with Crippen molar-refractivity contribution in [2.45, 2.75) is 38.1 Å². The van der Waals surface area contributed by atoms with Crippen molar-refractivity contribution in [3.05, 3.63) is 24.3 Å². The van der Waals surface area contributed by atoms with Crippen molar-refractivity contribution in [1.82, 2.24) is 10.2 Å². The molecule has 128 valence electrons. The van der Waals surface area contributed by atoms with Crippen molar-refractivity contribution < 1.29 is 19.5 Å². The van der Waals surface area contributed by atoms with Gasteiger partial charge in [-0.15, -0.1) is 0 Å². The summed E-state index contributed by atoms with van der Waals surface area (Å²) in [6.07, 6.45) is 2.97. The van der Waals surface area contributed by atoms with Crippen LogP contribution in [0.3, 0.4) is 0 Å². The molecule has 1 aromatic carbocycles. The van der Waals surface area contributed by atoms with Crippen LogP contribution < -0.4 is 10.6 Å². The summed E-state index contributed by atoms with van der Waals surface area (Å²) in [4.78, 5) is 37.9. The summed E-state index contributed by atoms with van der Waals surface area (Å²) in [6.45, 7) is 1.77. The highest BCUT2D eigenvalue weighted by atomic mass is 16.3. The molecule has 7 nitrogen and oxygen atoms in total. The molecule has 0 atom stereocenters. The molecule has 2 fully saturated rings. The number of aromatic hydroxyl groups is 1. The first-order chi connectivity index (χ1) is 11.4. The van der Waals surface area contributed by atoms with Crippen LogP contribution in [0.15, 0.2) is 24.3 Å². The number of carbonyl (C=O) groups is 3. The number of nitrogens with zero attached hydrogens (tertiary/aromatic N) is 1. The molecule has 7 heteroatoms. The minimum Gasteiger partial charge on any atom is -0.506 e. The molecule has 1 heterocycles. The lowest BCUT2D eigenvalue weighted by atomic mass is 9.77. The summed E-state index contributed by atoms with van der Waals surface area (Å²) < 4.78 is 0. The first-order valence-electron chi connectivity index (χ1n) is 8.13. The van der Waals surface area contributed by atoms with Gasteiger partial charge >= 0.3 is 6.03 Å². The molecule has 1 spiro atoms. The van der Waals surface area contributed by atoms with E-state index in [1.54, 1.807) is 18.2 Å². The molecule has 0 bridgehead atoms. The van der Waals surface area contributed by atoms with Crippen LogP contribution >= 0.6 is 0 Å². The van der Waals surface area contributed by atoms with Gasteiger partial charge in [-0.1, -0.05) is 19.1 Å². The normalized spacial score (nSPS) is 26.5. The number of carbonyl (C=O) groups excluding carboxylic acids is 3. The Bertz CT molecular complexity index is 680. The maximum absolute atomic E-state index is 12.7. The second-order valence-electron chi connectivity index (χ2n) is 6.65. The number of phenolic OH excluding ortho intramolecular Hbond substituents is 1. The molecule has 0 radical (unpaired) electrons. The number of phenols is 1. The lowest BCUT2D eigenvalue weighted by Gasteiger charge is -2.33. The summed E-state index contributed by atoms with van der Waals surface area (Å²) in [5.41, 5.74) is -0.602. The van der Waals surface area contributed by atoms with Crippen LogP contribution in [0.1, 0.15) is 32.6 Å². The number of hydrogen-bond acceptors (Lipinski definition) is 4. The number of anilines is 1. The fourth-order valence-corrected chi connectivity index (χ4v) is 3.33. The van der Waals surface area contributed by atoms with E-state index in [0.717, 1.165) is 17.7 Å². The van der Waals surface area contributed by atoms with Crippen LogP contribution in [0.5, 0.6) is 5.75 Å². The lowest BCUT2D eigenvalue weighted by Crippen LogP contribution is -2.49. The molecule has 0 aromatic heterocycles. The number of nitrogens with one attached hydrogen (secondary N) is 2. The van der Waals surface area contributed by atoms with Gasteiger partial charge in [0.25, 0.3) is 5.91 Å². The fraction of sp³-hybridized carbons (Fsp3) is 0.471. The number of urea groups is 1. The Morgan fingerprint density at radius 2 is 2.00 bits per heavy atom. The van der Waals surface area contributed by atoms with Gasteiger partial charge in [0, 0.05) is 0 Å². The third-order valence-electron chi connectivity index (χ3n) is 4.85. The van der Waals surface area contributed by atoms with Crippen molar-refractivity contribution in [1.29, 1.82) is 0 Å². The van der Waals surface area contributed by atoms with Crippen molar-refractivity contribution in [2.24, 2.45) is 5.92 Å². The minimum absolute atomic E-state index is 0.0687. The van der Waals surface area contributed by atoms with Crippen LogP contribution in [0.25, 0.3) is 0 Å². The summed E-state index contributed by atoms with van der Waals surface area (Å²) in [7, 11) is 0. The van der Waals surface area contributed by atoms with E-state index < -0.39 is 17.5 Å². The molecule has 1 saturated carbocycles. The largest absolute Gasteiger partial charge is 0.506 e. The zero-order valence-electron chi connectivity index (χ0n) is 13.5. The Balaban J connectivity index is 1.67. The van der Waals surface area contributed by atoms with Crippen LogP contribution in [-0.2, 0) is 9.59 Å². The molecule has 1 saturated heterocycles. The van der Waals surface area contributed by atoms with Gasteiger partial charge in [-0.2, -0.15) is 0 Å². The van der Waals surface area contributed by atoms with E-state index in [2.05, 4.69) is 17.6 Å². The van der Waals surface area contributed by atoms with Gasteiger partial charge in [-0.05, 0) is 43.7 Å². The number of hydrogen-bond donors (Lipinski definition) is 3.